The highest BCUT2D eigenvalue weighted by Gasteiger charge is 1.95. The molecule has 0 fully saturated rings. The van der Waals surface area contributed by atoms with Crippen molar-refractivity contribution in [1.29, 1.82) is 0 Å². The highest BCUT2D eigenvalue weighted by atomic mass is 15.0. The normalized spacial score (nSPS) is 10.0. The summed E-state index contributed by atoms with van der Waals surface area (Å²) in [6.07, 6.45) is 2.43. The van der Waals surface area contributed by atoms with Gasteiger partial charge in [-0.2, -0.15) is 0 Å². The Labute approximate surface area is 87.5 Å². The number of hydrogen-bond donors (Lipinski definition) is 1. The van der Waals surface area contributed by atoms with E-state index >= 15 is 0 Å². The first-order valence-electron chi connectivity index (χ1n) is 4.95. The summed E-state index contributed by atoms with van der Waals surface area (Å²) in [5.74, 6) is 0. The average Bonchev–Trinajstić information content (AvgIpc) is 2.08. The fraction of sp³-hybridized carbons (Fsp3) is 0.500. The van der Waals surface area contributed by atoms with Crippen LogP contribution in [-0.4, -0.2) is 19.0 Å². The average molecular weight is 194 g/mol. The predicted octanol–water partition coefficient (Wildman–Crippen LogP) is 2.86. The lowest BCUT2D eigenvalue weighted by atomic mass is 10.1. The highest BCUT2D eigenvalue weighted by molar-refractivity contribution is 5.22. The van der Waals surface area contributed by atoms with Gasteiger partial charge in [-0.1, -0.05) is 37.6 Å². The lowest BCUT2D eigenvalue weighted by Gasteiger charge is -2.09. The molecule has 1 aromatic rings. The first-order chi connectivity index (χ1) is 6.22. The van der Waals surface area contributed by atoms with Crippen molar-refractivity contribution in [1.82, 2.24) is 11.1 Å². The molecule has 1 aromatic carbocycles. The van der Waals surface area contributed by atoms with Crippen molar-refractivity contribution in [3.8, 4) is 0 Å². The van der Waals surface area contributed by atoms with Gasteiger partial charge in [-0.15, -0.1) is 0 Å². The fourth-order valence-corrected chi connectivity index (χ4v) is 1.47. The molecule has 1 rings (SSSR count). The van der Waals surface area contributed by atoms with E-state index < -0.39 is 0 Å². The van der Waals surface area contributed by atoms with Crippen molar-refractivity contribution in [2.24, 2.45) is 0 Å². The van der Waals surface area contributed by atoms with Gasteiger partial charge in [-0.05, 0) is 31.6 Å². The van der Waals surface area contributed by atoms with Crippen LogP contribution in [0, 0.1) is 0 Å². The van der Waals surface area contributed by atoms with E-state index in [1.54, 1.807) is 0 Å². The second-order valence-electron chi connectivity index (χ2n) is 3.80. The van der Waals surface area contributed by atoms with Gasteiger partial charge in [0.15, 0.2) is 0 Å². The molecule has 0 saturated carbocycles. The summed E-state index contributed by atoms with van der Waals surface area (Å²) >= 11 is 0. The lowest BCUT2D eigenvalue weighted by molar-refractivity contribution is 0.402. The summed E-state index contributed by atoms with van der Waals surface area (Å²) in [4.78, 5) is 2.19. The predicted molar refractivity (Wildman–Crippen MR) is 62.9 cm³/mol. The first kappa shape index (κ1) is 13.1. The maximum absolute atomic E-state index is 2.24. The van der Waals surface area contributed by atoms with Gasteiger partial charge in [0.05, 0.1) is 0 Å². The molecule has 3 N–H and O–H groups in total. The van der Waals surface area contributed by atoms with Gasteiger partial charge in [-0.25, -0.2) is 0 Å². The third-order valence-electron chi connectivity index (χ3n) is 2.06. The van der Waals surface area contributed by atoms with E-state index in [0.717, 1.165) is 6.54 Å². The molecule has 2 heteroatoms. The van der Waals surface area contributed by atoms with E-state index in [1.807, 2.05) is 0 Å². The Morgan fingerprint density at radius 1 is 1.00 bits per heavy atom. The van der Waals surface area contributed by atoms with Crippen LogP contribution in [-0.2, 0) is 13.0 Å². The van der Waals surface area contributed by atoms with Crippen LogP contribution < -0.4 is 6.15 Å². The van der Waals surface area contributed by atoms with Gasteiger partial charge < -0.3 is 11.1 Å². The molecular formula is C12H22N2. The van der Waals surface area contributed by atoms with Crippen molar-refractivity contribution in [2.45, 2.75) is 26.3 Å². The highest BCUT2D eigenvalue weighted by Crippen LogP contribution is 2.07. The van der Waals surface area contributed by atoms with Crippen LogP contribution in [0.5, 0.6) is 0 Å². The van der Waals surface area contributed by atoms with Crippen LogP contribution in [0.1, 0.15) is 24.5 Å². The van der Waals surface area contributed by atoms with E-state index in [0.29, 0.717) is 0 Å². The molecule has 0 spiro atoms. The van der Waals surface area contributed by atoms with Crippen LogP contribution in [0.3, 0.4) is 0 Å². The number of rotatable bonds is 4. The van der Waals surface area contributed by atoms with Gasteiger partial charge >= 0.3 is 0 Å². The second-order valence-corrected chi connectivity index (χ2v) is 3.80. The quantitative estimate of drug-likeness (QED) is 0.800. The van der Waals surface area contributed by atoms with Crippen molar-refractivity contribution < 1.29 is 0 Å². The monoisotopic (exact) mass is 194 g/mol. The minimum Gasteiger partial charge on any atom is -0.344 e. The topological polar surface area (TPSA) is 38.2 Å². The summed E-state index contributed by atoms with van der Waals surface area (Å²) in [6, 6.07) is 8.93. The standard InChI is InChI=1S/C12H19N.H3N/c1-4-5-11-6-8-12(9-7-11)10-13(2)3;/h6-9H,4-5,10H2,1-3H3;1H3. The Kier molecular flexibility index (Phi) is 6.17. The first-order valence-corrected chi connectivity index (χ1v) is 4.95. The number of benzene rings is 1. The van der Waals surface area contributed by atoms with Gasteiger partial charge in [0.1, 0.15) is 0 Å². The molecule has 14 heavy (non-hydrogen) atoms. The van der Waals surface area contributed by atoms with Gasteiger partial charge in [0, 0.05) is 6.54 Å². The molecular weight excluding hydrogens is 172 g/mol. The zero-order valence-electron chi connectivity index (χ0n) is 9.59. The number of nitrogens with zero attached hydrogens (tertiary/aromatic N) is 1. The van der Waals surface area contributed by atoms with Gasteiger partial charge in [0.25, 0.3) is 0 Å². The third-order valence-corrected chi connectivity index (χ3v) is 2.06. The molecule has 0 aliphatic heterocycles. The molecule has 0 aromatic heterocycles. The zero-order chi connectivity index (χ0) is 9.68. The molecule has 0 atom stereocenters. The Bertz CT molecular complexity index is 239. The molecule has 0 heterocycles. The van der Waals surface area contributed by atoms with Crippen molar-refractivity contribution in [2.75, 3.05) is 14.1 Å². The molecule has 0 radical (unpaired) electrons. The van der Waals surface area contributed by atoms with Crippen LogP contribution >= 0.6 is 0 Å². The SMILES string of the molecule is CCCc1ccc(CN(C)C)cc1.N. The Morgan fingerprint density at radius 3 is 1.93 bits per heavy atom. The third kappa shape index (κ3) is 4.40. The van der Waals surface area contributed by atoms with Crippen LogP contribution in [0.25, 0.3) is 0 Å². The summed E-state index contributed by atoms with van der Waals surface area (Å²) < 4.78 is 0. The number of hydrogen-bond acceptors (Lipinski definition) is 2. The second kappa shape index (κ2) is 6.57. The van der Waals surface area contributed by atoms with E-state index in [1.165, 1.54) is 24.0 Å². The Hall–Kier alpha value is -0.860. The minimum atomic E-state index is 0. The molecule has 0 unspecified atom stereocenters. The van der Waals surface area contributed by atoms with Crippen LogP contribution in [0.15, 0.2) is 24.3 Å². The van der Waals surface area contributed by atoms with E-state index in [2.05, 4.69) is 50.2 Å². The van der Waals surface area contributed by atoms with Crippen LogP contribution in [0.2, 0.25) is 0 Å². The summed E-state index contributed by atoms with van der Waals surface area (Å²) in [7, 11) is 4.19. The van der Waals surface area contributed by atoms with E-state index in [-0.39, 0.29) is 6.15 Å². The smallest absolute Gasteiger partial charge is 0.0227 e. The molecule has 0 aliphatic carbocycles. The molecule has 2 nitrogen and oxygen atoms in total. The summed E-state index contributed by atoms with van der Waals surface area (Å²) in [6.45, 7) is 3.25. The number of aryl methyl sites for hydroxylation is 1. The van der Waals surface area contributed by atoms with E-state index in [9.17, 15) is 0 Å². The summed E-state index contributed by atoms with van der Waals surface area (Å²) in [5.41, 5.74) is 2.84. The fourth-order valence-electron chi connectivity index (χ4n) is 1.47. The molecule has 0 bridgehead atoms. The maximum Gasteiger partial charge on any atom is 0.0227 e. The maximum atomic E-state index is 2.24. The Morgan fingerprint density at radius 2 is 1.50 bits per heavy atom. The molecule has 0 saturated heterocycles. The zero-order valence-corrected chi connectivity index (χ0v) is 9.59. The van der Waals surface area contributed by atoms with Gasteiger partial charge in [-0.3, -0.25) is 0 Å². The van der Waals surface area contributed by atoms with Crippen molar-refractivity contribution >= 4 is 0 Å². The lowest BCUT2D eigenvalue weighted by Crippen LogP contribution is -2.10. The molecule has 0 amide bonds. The minimum absolute atomic E-state index is 0. The van der Waals surface area contributed by atoms with Crippen molar-refractivity contribution in [3.05, 3.63) is 35.4 Å². The van der Waals surface area contributed by atoms with Crippen LogP contribution in [0.4, 0.5) is 0 Å². The largest absolute Gasteiger partial charge is 0.344 e. The Balaban J connectivity index is 0.00000169. The molecule has 0 aliphatic rings. The molecule has 80 valence electrons. The summed E-state index contributed by atoms with van der Waals surface area (Å²) in [5, 5.41) is 0. The van der Waals surface area contributed by atoms with Crippen molar-refractivity contribution in [3.63, 3.8) is 0 Å². The van der Waals surface area contributed by atoms with Gasteiger partial charge in [0.2, 0.25) is 0 Å². The van der Waals surface area contributed by atoms with E-state index in [4.69, 9.17) is 0 Å².